The average Bonchev–Trinajstić information content (AvgIpc) is 3.30. The fraction of sp³-hybridized carbons (Fsp3) is 0.355. The summed E-state index contributed by atoms with van der Waals surface area (Å²) < 4.78 is 24.2. The first kappa shape index (κ1) is 30.5. The first-order chi connectivity index (χ1) is 20.8. The van der Waals surface area contributed by atoms with E-state index in [0.29, 0.717) is 75.6 Å². The highest BCUT2D eigenvalue weighted by Crippen LogP contribution is 2.34. The molecule has 2 aliphatic heterocycles. The Hall–Kier alpha value is -3.93. The molecule has 1 amide bonds. The number of nitrogens with zero attached hydrogens (tertiary/aromatic N) is 3. The zero-order chi connectivity index (χ0) is 30.5. The molecule has 5 rings (SSSR count). The number of morpholine rings is 1. The van der Waals surface area contributed by atoms with E-state index in [1.54, 1.807) is 61.2 Å². The Morgan fingerprint density at radius 2 is 1.86 bits per heavy atom. The lowest BCUT2D eigenvalue weighted by molar-refractivity contribution is -0.139. The number of aromatic nitrogens is 1. The van der Waals surface area contributed by atoms with E-state index < -0.39 is 12.0 Å². The molecule has 226 valence electrons. The van der Waals surface area contributed by atoms with Gasteiger partial charge in [-0.05, 0) is 56.2 Å². The molecular weight excluding hydrogens is 594 g/mol. The lowest BCUT2D eigenvalue weighted by atomic mass is 9.96. The summed E-state index contributed by atoms with van der Waals surface area (Å²) in [7, 11) is 0. The van der Waals surface area contributed by atoms with Crippen LogP contribution >= 0.6 is 22.9 Å². The van der Waals surface area contributed by atoms with E-state index in [4.69, 9.17) is 30.5 Å². The lowest BCUT2D eigenvalue weighted by Crippen LogP contribution is -2.43. The van der Waals surface area contributed by atoms with Gasteiger partial charge in [0, 0.05) is 18.1 Å². The van der Waals surface area contributed by atoms with E-state index in [-0.39, 0.29) is 30.3 Å². The molecule has 0 spiro atoms. The average molecular weight is 626 g/mol. The van der Waals surface area contributed by atoms with Crippen LogP contribution in [0.3, 0.4) is 0 Å². The van der Waals surface area contributed by atoms with Gasteiger partial charge in [-0.25, -0.2) is 9.79 Å². The third kappa shape index (κ3) is 6.53. The van der Waals surface area contributed by atoms with Gasteiger partial charge in [0.05, 0.1) is 42.2 Å². The van der Waals surface area contributed by atoms with Crippen molar-refractivity contribution in [2.24, 2.45) is 4.99 Å². The number of hydrogen-bond acceptors (Lipinski definition) is 9. The van der Waals surface area contributed by atoms with Crippen molar-refractivity contribution < 1.29 is 28.5 Å². The minimum Gasteiger partial charge on any atom is -0.490 e. The fourth-order valence-corrected chi connectivity index (χ4v) is 6.27. The highest BCUT2D eigenvalue weighted by atomic mass is 35.5. The van der Waals surface area contributed by atoms with E-state index in [9.17, 15) is 14.4 Å². The minimum atomic E-state index is -0.801. The maximum atomic E-state index is 13.9. The molecule has 1 aromatic heterocycles. The van der Waals surface area contributed by atoms with Crippen molar-refractivity contribution in [3.8, 4) is 11.5 Å². The van der Waals surface area contributed by atoms with Crippen molar-refractivity contribution in [3.63, 3.8) is 0 Å². The van der Waals surface area contributed by atoms with Crippen LogP contribution in [-0.2, 0) is 19.1 Å². The van der Waals surface area contributed by atoms with Crippen LogP contribution in [-0.4, -0.2) is 67.5 Å². The second-order valence-electron chi connectivity index (χ2n) is 9.74. The van der Waals surface area contributed by atoms with Crippen LogP contribution < -0.4 is 24.4 Å². The third-order valence-electron chi connectivity index (χ3n) is 7.00. The second kappa shape index (κ2) is 13.6. The van der Waals surface area contributed by atoms with Gasteiger partial charge < -0.3 is 23.8 Å². The molecular formula is C31H32ClN3O7S. The lowest BCUT2D eigenvalue weighted by Gasteiger charge is -2.26. The third-order valence-corrected chi connectivity index (χ3v) is 8.32. The molecule has 1 fully saturated rings. The maximum Gasteiger partial charge on any atom is 0.338 e. The molecule has 1 saturated heterocycles. The fourth-order valence-electron chi connectivity index (χ4n) is 4.98. The number of fused-ring (bicyclic) bond motifs is 1. The molecule has 0 saturated carbocycles. The van der Waals surface area contributed by atoms with E-state index in [2.05, 4.69) is 4.99 Å². The summed E-state index contributed by atoms with van der Waals surface area (Å²) in [5.74, 6) is 0.206. The Labute approximate surface area is 257 Å². The Morgan fingerprint density at radius 1 is 1.09 bits per heavy atom. The summed E-state index contributed by atoms with van der Waals surface area (Å²) in [5, 5.41) is 0.419. The number of amides is 1. The number of hydrogen-bond donors (Lipinski definition) is 0. The molecule has 3 heterocycles. The molecule has 10 nitrogen and oxygen atoms in total. The first-order valence-corrected chi connectivity index (χ1v) is 15.2. The molecule has 0 radical (unpaired) electrons. The summed E-state index contributed by atoms with van der Waals surface area (Å²) in [4.78, 5) is 46.3. The Kier molecular flexibility index (Phi) is 9.64. The van der Waals surface area contributed by atoms with Gasteiger partial charge in [-0.2, -0.15) is 0 Å². The van der Waals surface area contributed by atoms with E-state index in [1.165, 1.54) is 15.9 Å². The van der Waals surface area contributed by atoms with Gasteiger partial charge in [-0.15, -0.1) is 0 Å². The van der Waals surface area contributed by atoms with Crippen molar-refractivity contribution >= 4 is 40.9 Å². The molecule has 0 unspecified atom stereocenters. The Balaban J connectivity index is 1.51. The molecule has 43 heavy (non-hydrogen) atoms. The molecule has 0 N–H and O–H groups in total. The zero-order valence-electron chi connectivity index (χ0n) is 24.1. The highest BCUT2D eigenvalue weighted by molar-refractivity contribution is 7.07. The quantitative estimate of drug-likeness (QED) is 0.336. The van der Waals surface area contributed by atoms with E-state index in [1.807, 2.05) is 13.0 Å². The number of carbonyl (C=O) groups excluding carboxylic acids is 2. The van der Waals surface area contributed by atoms with Gasteiger partial charge in [-0.1, -0.05) is 47.2 Å². The van der Waals surface area contributed by atoms with Crippen molar-refractivity contribution in [1.82, 2.24) is 9.47 Å². The zero-order valence-corrected chi connectivity index (χ0v) is 25.7. The number of thiazole rings is 1. The van der Waals surface area contributed by atoms with Crippen LogP contribution in [0, 0.1) is 0 Å². The Bertz CT molecular complexity index is 1740. The predicted octanol–water partition coefficient (Wildman–Crippen LogP) is 3.09. The molecule has 0 aliphatic carbocycles. The number of ether oxygens (including phenoxy) is 4. The van der Waals surface area contributed by atoms with Gasteiger partial charge in [-0.3, -0.25) is 14.2 Å². The van der Waals surface area contributed by atoms with Crippen LogP contribution in [0.25, 0.3) is 6.08 Å². The summed E-state index contributed by atoms with van der Waals surface area (Å²) >= 11 is 7.79. The highest BCUT2D eigenvalue weighted by Gasteiger charge is 2.34. The van der Waals surface area contributed by atoms with Gasteiger partial charge in [0.1, 0.15) is 6.04 Å². The van der Waals surface area contributed by atoms with Crippen molar-refractivity contribution in [2.45, 2.75) is 26.8 Å². The summed E-state index contributed by atoms with van der Waals surface area (Å²) in [6.07, 6.45) is 1.74. The topological polar surface area (TPSA) is 109 Å². The molecule has 2 aromatic carbocycles. The number of rotatable bonds is 9. The predicted molar refractivity (Wildman–Crippen MR) is 162 cm³/mol. The molecule has 0 bridgehead atoms. The van der Waals surface area contributed by atoms with Crippen molar-refractivity contribution in [2.75, 3.05) is 46.1 Å². The van der Waals surface area contributed by atoms with E-state index in [0.717, 1.165) is 0 Å². The smallest absolute Gasteiger partial charge is 0.338 e. The molecule has 1 atom stereocenters. The number of benzene rings is 2. The van der Waals surface area contributed by atoms with Gasteiger partial charge in [0.15, 0.2) is 22.9 Å². The number of esters is 1. The summed E-state index contributed by atoms with van der Waals surface area (Å²) in [5.41, 5.74) is 1.69. The molecule has 2 aliphatic rings. The van der Waals surface area contributed by atoms with Gasteiger partial charge in [0.2, 0.25) is 0 Å². The normalized spacial score (nSPS) is 16.9. The van der Waals surface area contributed by atoms with E-state index >= 15 is 0 Å². The van der Waals surface area contributed by atoms with Gasteiger partial charge in [0.25, 0.3) is 11.5 Å². The summed E-state index contributed by atoms with van der Waals surface area (Å²) in [6, 6.07) is 11.6. The largest absolute Gasteiger partial charge is 0.490 e. The standard InChI is InChI=1S/C31H32ClN3O7S/c1-4-40-24-16-20(10-11-23(24)42-18-26(36)34-12-14-39-15-13-34)17-25-29(37)35-28(21-8-6-7-9-22(21)32)27(30(38)41-5-2)19(3)33-31(35)43-25/h6-11,16-17,28H,4-5,12-15,18H2,1-3H3/b25-17+/t28-/m1/s1. The van der Waals surface area contributed by atoms with Crippen LogP contribution in [0.4, 0.5) is 0 Å². The Morgan fingerprint density at radius 3 is 2.58 bits per heavy atom. The maximum absolute atomic E-state index is 13.9. The monoisotopic (exact) mass is 625 g/mol. The van der Waals surface area contributed by atoms with Crippen molar-refractivity contribution in [3.05, 3.63) is 89.6 Å². The van der Waals surface area contributed by atoms with Gasteiger partial charge >= 0.3 is 5.97 Å². The van der Waals surface area contributed by atoms with Crippen LogP contribution in [0.1, 0.15) is 37.9 Å². The van der Waals surface area contributed by atoms with Crippen LogP contribution in [0.5, 0.6) is 11.5 Å². The number of halogens is 1. The van der Waals surface area contributed by atoms with Crippen molar-refractivity contribution in [1.29, 1.82) is 0 Å². The van der Waals surface area contributed by atoms with Crippen LogP contribution in [0.15, 0.2) is 63.5 Å². The second-order valence-corrected chi connectivity index (χ2v) is 11.2. The molecule has 3 aromatic rings. The molecule has 12 heteroatoms. The number of carbonyl (C=O) groups is 2. The minimum absolute atomic E-state index is 0.123. The SMILES string of the molecule is CCOC(=O)C1=C(C)N=c2s/c(=C/c3ccc(OCC(=O)N4CCOCC4)c(OCC)c3)c(=O)n2[C@@H]1c1ccccc1Cl. The summed E-state index contributed by atoms with van der Waals surface area (Å²) in [6.45, 7) is 7.84. The number of allylic oxidation sites excluding steroid dienone is 1. The van der Waals surface area contributed by atoms with Crippen LogP contribution in [0.2, 0.25) is 5.02 Å². The first-order valence-electron chi connectivity index (χ1n) is 14.0.